The van der Waals surface area contributed by atoms with Crippen LogP contribution in [-0.2, 0) is 14.8 Å². The Morgan fingerprint density at radius 2 is 1.77 bits per heavy atom. The predicted molar refractivity (Wildman–Crippen MR) is 95.5 cm³/mol. The van der Waals surface area contributed by atoms with Crippen LogP contribution in [0.25, 0.3) is 0 Å². The minimum Gasteiger partial charge on any atom is -0.272 e. The van der Waals surface area contributed by atoms with E-state index in [1.54, 1.807) is 0 Å². The molecule has 1 amide bonds. The number of non-ortho nitro benzene ring substituents is 1. The zero-order chi connectivity index (χ0) is 19.2. The second-order valence-electron chi connectivity index (χ2n) is 4.92. The first-order valence-corrected chi connectivity index (χ1v) is 8.95. The number of amides is 1. The highest BCUT2D eigenvalue weighted by molar-refractivity contribution is 7.89. The van der Waals surface area contributed by atoms with E-state index in [0.717, 1.165) is 0 Å². The lowest BCUT2D eigenvalue weighted by Crippen LogP contribution is -2.34. The number of benzene rings is 2. The number of rotatable bonds is 7. The molecule has 0 saturated carbocycles. The monoisotopic (exact) mass is 396 g/mol. The Morgan fingerprint density at radius 3 is 2.35 bits per heavy atom. The molecule has 9 nitrogen and oxygen atoms in total. The molecule has 2 aromatic rings. The lowest BCUT2D eigenvalue weighted by Gasteiger charge is -2.05. The van der Waals surface area contributed by atoms with Gasteiger partial charge in [-0.3, -0.25) is 14.9 Å². The normalized spacial score (nSPS) is 11.4. The third kappa shape index (κ3) is 5.62. The van der Waals surface area contributed by atoms with Gasteiger partial charge in [0.1, 0.15) is 0 Å². The molecule has 0 aliphatic rings. The van der Waals surface area contributed by atoms with Crippen molar-refractivity contribution in [1.29, 1.82) is 0 Å². The SMILES string of the molecule is O=C(CNS(=O)(=O)c1ccc(Cl)cc1)N/N=C/c1ccc([N+](=O)[O-])cc1. The maximum atomic E-state index is 12.0. The number of carbonyl (C=O) groups excluding carboxylic acids is 1. The van der Waals surface area contributed by atoms with E-state index in [1.807, 2.05) is 0 Å². The Balaban J connectivity index is 1.86. The van der Waals surface area contributed by atoms with Gasteiger partial charge in [-0.05, 0) is 42.0 Å². The van der Waals surface area contributed by atoms with E-state index >= 15 is 0 Å². The van der Waals surface area contributed by atoms with Crippen molar-refractivity contribution < 1.29 is 18.1 Å². The molecule has 2 aromatic carbocycles. The van der Waals surface area contributed by atoms with E-state index in [2.05, 4.69) is 15.2 Å². The molecule has 0 saturated heterocycles. The van der Waals surface area contributed by atoms with Gasteiger partial charge in [-0.2, -0.15) is 5.10 Å². The van der Waals surface area contributed by atoms with Crippen LogP contribution in [0.15, 0.2) is 58.5 Å². The van der Waals surface area contributed by atoms with Gasteiger partial charge in [-0.1, -0.05) is 11.6 Å². The van der Waals surface area contributed by atoms with Crippen LogP contribution in [0.1, 0.15) is 5.56 Å². The van der Waals surface area contributed by atoms with Crippen LogP contribution in [0.5, 0.6) is 0 Å². The lowest BCUT2D eigenvalue weighted by atomic mass is 10.2. The maximum absolute atomic E-state index is 12.0. The molecule has 0 aliphatic carbocycles. The van der Waals surface area contributed by atoms with Crippen LogP contribution in [0.2, 0.25) is 5.02 Å². The smallest absolute Gasteiger partial charge is 0.269 e. The Labute approximate surface area is 153 Å². The fourth-order valence-electron chi connectivity index (χ4n) is 1.76. The van der Waals surface area contributed by atoms with Crippen LogP contribution in [0.4, 0.5) is 5.69 Å². The first-order valence-electron chi connectivity index (χ1n) is 7.09. The lowest BCUT2D eigenvalue weighted by molar-refractivity contribution is -0.384. The van der Waals surface area contributed by atoms with E-state index in [-0.39, 0.29) is 10.6 Å². The second-order valence-corrected chi connectivity index (χ2v) is 7.12. The minimum atomic E-state index is -3.85. The molecule has 0 spiro atoms. The standard InChI is InChI=1S/C15H13ClN4O5S/c16-12-3-7-14(8-4-12)26(24,25)18-10-15(21)19-17-9-11-1-5-13(6-2-11)20(22)23/h1-9,18H,10H2,(H,19,21)/b17-9+. The molecule has 0 aliphatic heterocycles. The maximum Gasteiger partial charge on any atom is 0.269 e. The van der Waals surface area contributed by atoms with Gasteiger partial charge in [0.25, 0.3) is 11.6 Å². The zero-order valence-electron chi connectivity index (χ0n) is 13.1. The number of nitro benzene ring substituents is 1. The fourth-order valence-corrected chi connectivity index (χ4v) is 2.87. The largest absolute Gasteiger partial charge is 0.272 e. The van der Waals surface area contributed by atoms with Crippen LogP contribution in [0.3, 0.4) is 0 Å². The zero-order valence-corrected chi connectivity index (χ0v) is 14.7. The number of sulfonamides is 1. The van der Waals surface area contributed by atoms with E-state index in [1.165, 1.54) is 54.7 Å². The van der Waals surface area contributed by atoms with Gasteiger partial charge in [0.2, 0.25) is 10.0 Å². The van der Waals surface area contributed by atoms with Crippen LogP contribution in [0, 0.1) is 10.1 Å². The van der Waals surface area contributed by atoms with Crippen molar-refractivity contribution in [3.63, 3.8) is 0 Å². The molecule has 0 atom stereocenters. The number of halogens is 1. The predicted octanol–water partition coefficient (Wildman–Crippen LogP) is 1.68. The Morgan fingerprint density at radius 1 is 1.15 bits per heavy atom. The number of nitro groups is 1. The molecule has 0 unspecified atom stereocenters. The van der Waals surface area contributed by atoms with E-state index in [4.69, 9.17) is 11.6 Å². The molecule has 2 rings (SSSR count). The van der Waals surface area contributed by atoms with Gasteiger partial charge in [0.05, 0.1) is 22.6 Å². The molecule has 136 valence electrons. The summed E-state index contributed by atoms with van der Waals surface area (Å²) in [5.74, 6) is -0.680. The van der Waals surface area contributed by atoms with Crippen molar-refractivity contribution >= 4 is 39.4 Å². The van der Waals surface area contributed by atoms with E-state index < -0.39 is 27.4 Å². The van der Waals surface area contributed by atoms with Crippen LogP contribution < -0.4 is 10.1 Å². The fraction of sp³-hybridized carbons (Fsp3) is 0.0667. The summed E-state index contributed by atoms with van der Waals surface area (Å²) >= 11 is 5.69. The molecule has 0 radical (unpaired) electrons. The third-order valence-corrected chi connectivity index (χ3v) is 4.72. The number of hydrogen-bond donors (Lipinski definition) is 2. The van der Waals surface area contributed by atoms with E-state index in [0.29, 0.717) is 10.6 Å². The van der Waals surface area contributed by atoms with Crippen molar-refractivity contribution in [2.24, 2.45) is 5.10 Å². The first-order chi connectivity index (χ1) is 12.3. The van der Waals surface area contributed by atoms with Gasteiger partial charge < -0.3 is 0 Å². The molecular weight excluding hydrogens is 384 g/mol. The van der Waals surface area contributed by atoms with Gasteiger partial charge in [-0.15, -0.1) is 0 Å². The molecule has 0 bridgehead atoms. The number of nitrogens with zero attached hydrogens (tertiary/aromatic N) is 2. The molecule has 0 fully saturated rings. The highest BCUT2D eigenvalue weighted by Gasteiger charge is 2.15. The highest BCUT2D eigenvalue weighted by Crippen LogP contribution is 2.13. The summed E-state index contributed by atoms with van der Waals surface area (Å²) < 4.78 is 26.1. The van der Waals surface area contributed by atoms with Crippen molar-refractivity contribution in [1.82, 2.24) is 10.1 Å². The van der Waals surface area contributed by atoms with Crippen molar-refractivity contribution in [2.45, 2.75) is 4.90 Å². The molecular formula is C15H13ClN4O5S. The van der Waals surface area contributed by atoms with Gasteiger partial charge in [-0.25, -0.2) is 18.6 Å². The van der Waals surface area contributed by atoms with Crippen LogP contribution >= 0.6 is 11.6 Å². The molecule has 0 aromatic heterocycles. The Kier molecular flexibility index (Phi) is 6.39. The third-order valence-electron chi connectivity index (χ3n) is 3.05. The van der Waals surface area contributed by atoms with Crippen molar-refractivity contribution in [3.8, 4) is 0 Å². The Hall–Kier alpha value is -2.82. The minimum absolute atomic E-state index is 0.0240. The number of hydrazone groups is 1. The number of carbonyl (C=O) groups is 1. The topological polar surface area (TPSA) is 131 Å². The first kappa shape index (κ1) is 19.5. The quantitative estimate of drug-likeness (QED) is 0.417. The summed E-state index contributed by atoms with van der Waals surface area (Å²) in [6.45, 7) is -0.511. The summed E-state index contributed by atoms with van der Waals surface area (Å²) in [7, 11) is -3.85. The van der Waals surface area contributed by atoms with Gasteiger partial charge in [0.15, 0.2) is 0 Å². The summed E-state index contributed by atoms with van der Waals surface area (Å²) in [5.41, 5.74) is 2.61. The second kappa shape index (κ2) is 8.52. The average molecular weight is 397 g/mol. The average Bonchev–Trinajstić information content (AvgIpc) is 2.61. The van der Waals surface area contributed by atoms with Gasteiger partial charge >= 0.3 is 0 Å². The van der Waals surface area contributed by atoms with Crippen LogP contribution in [-0.4, -0.2) is 32.0 Å². The summed E-state index contributed by atoms with van der Waals surface area (Å²) in [5, 5.41) is 14.6. The molecule has 2 N–H and O–H groups in total. The Bertz CT molecular complexity index is 928. The van der Waals surface area contributed by atoms with Crippen molar-refractivity contribution in [2.75, 3.05) is 6.54 Å². The molecule has 11 heteroatoms. The molecule has 26 heavy (non-hydrogen) atoms. The van der Waals surface area contributed by atoms with Gasteiger partial charge in [0, 0.05) is 17.2 Å². The van der Waals surface area contributed by atoms with E-state index in [9.17, 15) is 23.3 Å². The summed E-state index contributed by atoms with van der Waals surface area (Å²) in [4.78, 5) is 21.6. The molecule has 0 heterocycles. The summed E-state index contributed by atoms with van der Waals surface area (Å²) in [6, 6.07) is 11.0. The number of hydrogen-bond acceptors (Lipinski definition) is 6. The van der Waals surface area contributed by atoms with Crippen molar-refractivity contribution in [3.05, 3.63) is 69.2 Å². The number of nitrogens with one attached hydrogen (secondary N) is 2. The highest BCUT2D eigenvalue weighted by atomic mass is 35.5. The summed E-state index contributed by atoms with van der Waals surface area (Å²) in [6.07, 6.45) is 1.27.